The van der Waals surface area contributed by atoms with Gasteiger partial charge in [-0.1, -0.05) is 0 Å². The fraction of sp³-hybridized carbons (Fsp3) is 0.333. The Kier molecular flexibility index (Phi) is 3.31. The summed E-state index contributed by atoms with van der Waals surface area (Å²) in [5.74, 6) is 0. The van der Waals surface area contributed by atoms with Crippen molar-refractivity contribution in [2.45, 2.75) is 12.5 Å². The topological polar surface area (TPSA) is 42.7 Å². The van der Waals surface area contributed by atoms with Crippen LogP contribution in [-0.2, 0) is 13.5 Å². The third-order valence-electron chi connectivity index (χ3n) is 2.66. The van der Waals surface area contributed by atoms with E-state index < -0.39 is 0 Å². The van der Waals surface area contributed by atoms with E-state index in [2.05, 4.69) is 15.4 Å². The Labute approximate surface area is 95.3 Å². The van der Waals surface area contributed by atoms with E-state index in [-0.39, 0.29) is 0 Å². The van der Waals surface area contributed by atoms with Crippen LogP contribution in [0.3, 0.4) is 0 Å². The van der Waals surface area contributed by atoms with Crippen LogP contribution in [0, 0.1) is 0 Å². The molecule has 1 atom stereocenters. The smallest absolute Gasteiger partial charge is 0.0537 e. The second-order valence-corrected chi connectivity index (χ2v) is 3.85. The van der Waals surface area contributed by atoms with Crippen LogP contribution in [-0.4, -0.2) is 21.8 Å². The summed E-state index contributed by atoms with van der Waals surface area (Å²) < 4.78 is 1.83. The largest absolute Gasteiger partial charge is 0.313 e. The first-order valence-electron chi connectivity index (χ1n) is 5.34. The molecule has 0 spiro atoms. The van der Waals surface area contributed by atoms with Crippen LogP contribution in [0.2, 0.25) is 0 Å². The van der Waals surface area contributed by atoms with Crippen molar-refractivity contribution < 1.29 is 0 Å². The number of hydrogen-bond donors (Lipinski definition) is 1. The van der Waals surface area contributed by atoms with Crippen molar-refractivity contribution in [2.75, 3.05) is 7.05 Å². The molecule has 1 N–H and O–H groups in total. The molecule has 2 heterocycles. The highest BCUT2D eigenvalue weighted by Gasteiger charge is 2.11. The van der Waals surface area contributed by atoms with Crippen molar-refractivity contribution >= 4 is 0 Å². The van der Waals surface area contributed by atoms with Gasteiger partial charge in [0.1, 0.15) is 0 Å². The van der Waals surface area contributed by atoms with E-state index in [1.165, 1.54) is 11.1 Å². The van der Waals surface area contributed by atoms with E-state index in [4.69, 9.17) is 0 Å². The predicted molar refractivity (Wildman–Crippen MR) is 62.9 cm³/mol. The lowest BCUT2D eigenvalue weighted by molar-refractivity contribution is 0.591. The Bertz CT molecular complexity index is 435. The molecule has 0 aliphatic rings. The van der Waals surface area contributed by atoms with Crippen LogP contribution in [0.5, 0.6) is 0 Å². The van der Waals surface area contributed by atoms with Gasteiger partial charge in [-0.15, -0.1) is 0 Å². The van der Waals surface area contributed by atoms with Gasteiger partial charge in [-0.2, -0.15) is 5.10 Å². The molecule has 0 bridgehead atoms. The number of aryl methyl sites for hydroxylation is 1. The van der Waals surface area contributed by atoms with Crippen molar-refractivity contribution in [3.05, 3.63) is 48.0 Å². The highest BCUT2D eigenvalue weighted by Crippen LogP contribution is 2.16. The van der Waals surface area contributed by atoms with Crippen molar-refractivity contribution in [1.29, 1.82) is 0 Å². The first kappa shape index (κ1) is 10.8. The first-order valence-corrected chi connectivity index (χ1v) is 5.34. The third kappa shape index (κ3) is 2.46. The van der Waals surface area contributed by atoms with Gasteiger partial charge in [0.25, 0.3) is 0 Å². The van der Waals surface area contributed by atoms with Crippen molar-refractivity contribution in [2.24, 2.45) is 7.05 Å². The fourth-order valence-electron chi connectivity index (χ4n) is 1.76. The molecule has 0 aliphatic carbocycles. The molecule has 0 saturated heterocycles. The van der Waals surface area contributed by atoms with E-state index in [9.17, 15) is 0 Å². The molecule has 0 fully saturated rings. The molecule has 2 rings (SSSR count). The Hall–Kier alpha value is -1.68. The molecule has 2 aromatic heterocycles. The maximum Gasteiger partial charge on any atom is 0.0537 e. The lowest BCUT2D eigenvalue weighted by atomic mass is 10.0. The molecule has 0 aliphatic heterocycles. The molecule has 4 heteroatoms. The van der Waals surface area contributed by atoms with Gasteiger partial charge in [0.2, 0.25) is 0 Å². The minimum Gasteiger partial charge on any atom is -0.313 e. The third-order valence-corrected chi connectivity index (χ3v) is 2.66. The van der Waals surface area contributed by atoms with Crippen molar-refractivity contribution in [3.63, 3.8) is 0 Å². The van der Waals surface area contributed by atoms with Gasteiger partial charge in [0.05, 0.1) is 6.20 Å². The van der Waals surface area contributed by atoms with Crippen molar-refractivity contribution in [3.8, 4) is 0 Å². The number of pyridine rings is 1. The van der Waals surface area contributed by atoms with E-state index in [0.717, 1.165) is 6.42 Å². The summed E-state index contributed by atoms with van der Waals surface area (Å²) >= 11 is 0. The molecule has 0 radical (unpaired) electrons. The Morgan fingerprint density at radius 3 is 2.69 bits per heavy atom. The highest BCUT2D eigenvalue weighted by molar-refractivity contribution is 5.18. The van der Waals surface area contributed by atoms with Gasteiger partial charge in [0.15, 0.2) is 0 Å². The monoisotopic (exact) mass is 216 g/mol. The summed E-state index contributed by atoms with van der Waals surface area (Å²) in [4.78, 5) is 4.02. The first-order chi connectivity index (χ1) is 7.79. The molecule has 4 nitrogen and oxygen atoms in total. The maximum absolute atomic E-state index is 4.19. The van der Waals surface area contributed by atoms with Gasteiger partial charge >= 0.3 is 0 Å². The number of nitrogens with zero attached hydrogens (tertiary/aromatic N) is 3. The summed E-state index contributed by atoms with van der Waals surface area (Å²) in [7, 11) is 3.90. The van der Waals surface area contributed by atoms with Crippen LogP contribution in [0.25, 0.3) is 0 Å². The number of nitrogens with one attached hydrogen (secondary N) is 1. The standard InChI is InChI=1S/C12H16N4/c1-13-12(11-8-15-16(2)9-11)7-10-3-5-14-6-4-10/h3-6,8-9,12-13H,7H2,1-2H3. The molecule has 2 aromatic rings. The average Bonchev–Trinajstić information content (AvgIpc) is 2.74. The minimum absolute atomic E-state index is 0.302. The summed E-state index contributed by atoms with van der Waals surface area (Å²) in [5.41, 5.74) is 2.49. The molecule has 0 amide bonds. The lowest BCUT2D eigenvalue weighted by Crippen LogP contribution is -2.18. The normalized spacial score (nSPS) is 12.6. The van der Waals surface area contributed by atoms with Crippen LogP contribution in [0.15, 0.2) is 36.9 Å². The van der Waals surface area contributed by atoms with Crippen LogP contribution < -0.4 is 5.32 Å². The quantitative estimate of drug-likeness (QED) is 0.838. The maximum atomic E-state index is 4.19. The summed E-state index contributed by atoms with van der Waals surface area (Å²) in [6.45, 7) is 0. The Morgan fingerprint density at radius 2 is 2.12 bits per heavy atom. The van der Waals surface area contributed by atoms with E-state index in [1.54, 1.807) is 0 Å². The molecule has 0 saturated carbocycles. The summed E-state index contributed by atoms with van der Waals surface area (Å²) in [5, 5.41) is 7.50. The van der Waals surface area contributed by atoms with Gasteiger partial charge in [-0.25, -0.2) is 0 Å². The van der Waals surface area contributed by atoms with E-state index in [0.29, 0.717) is 6.04 Å². The van der Waals surface area contributed by atoms with Gasteiger partial charge in [0, 0.05) is 37.2 Å². The number of rotatable bonds is 4. The highest BCUT2D eigenvalue weighted by atomic mass is 15.2. The number of hydrogen-bond acceptors (Lipinski definition) is 3. The van der Waals surface area contributed by atoms with Gasteiger partial charge in [-0.3, -0.25) is 9.67 Å². The molecule has 0 aromatic carbocycles. The summed E-state index contributed by atoms with van der Waals surface area (Å²) in [6.07, 6.45) is 8.55. The average molecular weight is 216 g/mol. The Balaban J connectivity index is 2.12. The number of aromatic nitrogens is 3. The zero-order valence-corrected chi connectivity index (χ0v) is 9.59. The second-order valence-electron chi connectivity index (χ2n) is 3.85. The molecule has 84 valence electrons. The van der Waals surface area contributed by atoms with E-state index >= 15 is 0 Å². The molecule has 1 unspecified atom stereocenters. The van der Waals surface area contributed by atoms with Crippen molar-refractivity contribution in [1.82, 2.24) is 20.1 Å². The summed E-state index contributed by atoms with van der Waals surface area (Å²) in [6, 6.07) is 4.39. The molecular weight excluding hydrogens is 200 g/mol. The number of likely N-dealkylation sites (N-methyl/N-ethyl adjacent to an activating group) is 1. The minimum atomic E-state index is 0.302. The molecule has 16 heavy (non-hydrogen) atoms. The van der Waals surface area contributed by atoms with Crippen LogP contribution in [0.4, 0.5) is 0 Å². The van der Waals surface area contributed by atoms with Gasteiger partial charge < -0.3 is 5.32 Å². The zero-order chi connectivity index (χ0) is 11.4. The second kappa shape index (κ2) is 4.90. The predicted octanol–water partition coefficient (Wildman–Crippen LogP) is 1.32. The lowest BCUT2D eigenvalue weighted by Gasteiger charge is -2.14. The zero-order valence-electron chi connectivity index (χ0n) is 9.59. The Morgan fingerprint density at radius 1 is 1.38 bits per heavy atom. The van der Waals surface area contributed by atoms with Crippen LogP contribution >= 0.6 is 0 Å². The fourth-order valence-corrected chi connectivity index (χ4v) is 1.76. The molecular formula is C12H16N4. The van der Waals surface area contributed by atoms with E-state index in [1.807, 2.05) is 55.7 Å². The van der Waals surface area contributed by atoms with Gasteiger partial charge in [-0.05, 0) is 31.2 Å². The van der Waals surface area contributed by atoms with Crippen LogP contribution in [0.1, 0.15) is 17.2 Å². The SMILES string of the molecule is CNC(Cc1ccncc1)c1cnn(C)c1.